The molecule has 0 atom stereocenters. The number of aromatic nitrogens is 3. The fourth-order valence-corrected chi connectivity index (χ4v) is 3.07. The lowest BCUT2D eigenvalue weighted by Crippen LogP contribution is -2.29. The Hall–Kier alpha value is -3.35. The number of rotatable bonds is 6. The van der Waals surface area contributed by atoms with Crippen LogP contribution >= 0.6 is 15.9 Å². The van der Waals surface area contributed by atoms with Gasteiger partial charge in [-0.2, -0.15) is 18.2 Å². The van der Waals surface area contributed by atoms with Crippen LogP contribution in [0, 0.1) is 18.6 Å². The second kappa shape index (κ2) is 9.65. The van der Waals surface area contributed by atoms with Gasteiger partial charge in [-0.15, -0.1) is 0 Å². The van der Waals surface area contributed by atoms with E-state index in [4.69, 9.17) is 4.74 Å². The molecule has 0 unspecified atom stereocenters. The third-order valence-corrected chi connectivity index (χ3v) is 4.97. The maximum Gasteiger partial charge on any atom is 0.491 e. The number of carbonyl (C=O) groups is 1. The summed E-state index contributed by atoms with van der Waals surface area (Å²) in [7, 11) is 0. The van der Waals surface area contributed by atoms with Crippen LogP contribution in [-0.4, -0.2) is 26.7 Å². The van der Waals surface area contributed by atoms with Crippen LogP contribution in [-0.2, 0) is 17.9 Å². The summed E-state index contributed by atoms with van der Waals surface area (Å²) >= 11 is 3.11. The normalized spacial score (nSPS) is 11.4. The first kappa shape index (κ1) is 24.3. The van der Waals surface area contributed by atoms with Crippen molar-refractivity contribution in [2.45, 2.75) is 26.3 Å². The zero-order chi connectivity index (χ0) is 24.3. The van der Waals surface area contributed by atoms with E-state index in [1.807, 2.05) is 0 Å². The van der Waals surface area contributed by atoms with Gasteiger partial charge >= 0.3 is 18.2 Å². The Labute approximate surface area is 190 Å². The smallest absolute Gasteiger partial charge is 0.487 e. The molecular weight excluding hydrogens is 521 g/mol. The van der Waals surface area contributed by atoms with Gasteiger partial charge in [0.25, 0.3) is 5.56 Å². The molecule has 0 spiro atoms. The van der Waals surface area contributed by atoms with Crippen molar-refractivity contribution >= 4 is 21.9 Å². The van der Waals surface area contributed by atoms with Gasteiger partial charge in [0, 0.05) is 29.6 Å². The molecule has 2 heterocycles. The predicted octanol–water partition coefficient (Wildman–Crippen LogP) is 4.08. The second-order valence-electron chi connectivity index (χ2n) is 6.60. The molecule has 0 aliphatic heterocycles. The van der Waals surface area contributed by atoms with Gasteiger partial charge in [-0.25, -0.2) is 18.6 Å². The second-order valence-corrected chi connectivity index (χ2v) is 7.39. The van der Waals surface area contributed by atoms with Crippen molar-refractivity contribution in [3.8, 4) is 11.8 Å². The zero-order valence-electron chi connectivity index (χ0n) is 16.6. The zero-order valence-corrected chi connectivity index (χ0v) is 18.2. The van der Waals surface area contributed by atoms with Crippen molar-refractivity contribution in [3.05, 3.63) is 79.9 Å². The lowest BCUT2D eigenvalue weighted by atomic mass is 10.2. The Bertz CT molecular complexity index is 1260. The van der Waals surface area contributed by atoms with Gasteiger partial charge in [0.1, 0.15) is 28.5 Å². The van der Waals surface area contributed by atoms with E-state index in [2.05, 4.69) is 30.6 Å². The number of carbonyl (C=O) groups excluding carboxylic acids is 1. The van der Waals surface area contributed by atoms with E-state index in [0.717, 1.165) is 12.3 Å². The van der Waals surface area contributed by atoms with E-state index in [-0.39, 0.29) is 34.6 Å². The van der Waals surface area contributed by atoms with Crippen molar-refractivity contribution < 1.29 is 36.2 Å². The first-order valence-corrected chi connectivity index (χ1v) is 9.82. The maximum absolute atomic E-state index is 13.8. The number of alkyl halides is 3. The molecule has 0 N–H and O–H groups in total. The van der Waals surface area contributed by atoms with E-state index in [0.29, 0.717) is 11.8 Å². The highest BCUT2D eigenvalue weighted by Crippen LogP contribution is 2.24. The Morgan fingerprint density at radius 3 is 2.58 bits per heavy atom. The van der Waals surface area contributed by atoms with Crippen LogP contribution in [0.4, 0.5) is 22.0 Å². The fourth-order valence-electron chi connectivity index (χ4n) is 2.63. The van der Waals surface area contributed by atoms with E-state index < -0.39 is 35.3 Å². The summed E-state index contributed by atoms with van der Waals surface area (Å²) in [5, 5.41) is 0. The number of ether oxygens (including phenoxy) is 2. The Morgan fingerprint density at radius 1 is 1.18 bits per heavy atom. The summed E-state index contributed by atoms with van der Waals surface area (Å²) in [6, 6.07) is 4.97. The number of hydrogen-bond donors (Lipinski definition) is 0. The number of esters is 1. The molecule has 1 aromatic carbocycles. The van der Waals surface area contributed by atoms with Gasteiger partial charge < -0.3 is 14.0 Å². The minimum absolute atomic E-state index is 0.00611. The molecule has 0 fully saturated rings. The highest BCUT2D eigenvalue weighted by molar-refractivity contribution is 9.10. The molecule has 7 nitrogen and oxygen atoms in total. The molecule has 0 saturated heterocycles. The Morgan fingerprint density at radius 2 is 1.91 bits per heavy atom. The van der Waals surface area contributed by atoms with Gasteiger partial charge in [-0.1, -0.05) is 0 Å². The molecule has 0 aliphatic rings. The van der Waals surface area contributed by atoms with Crippen molar-refractivity contribution in [1.29, 1.82) is 0 Å². The molecule has 0 aliphatic carbocycles. The lowest BCUT2D eigenvalue weighted by molar-refractivity contribution is -0.190. The van der Waals surface area contributed by atoms with Crippen LogP contribution in [0.5, 0.6) is 11.8 Å². The quantitative estimate of drug-likeness (QED) is 0.350. The monoisotopic (exact) mass is 533 g/mol. The van der Waals surface area contributed by atoms with Gasteiger partial charge in [0.15, 0.2) is 0 Å². The summed E-state index contributed by atoms with van der Waals surface area (Å²) in [5.74, 6) is -3.92. The molecular formula is C20H13BrF5N3O4. The van der Waals surface area contributed by atoms with Crippen LogP contribution in [0.2, 0.25) is 0 Å². The largest absolute Gasteiger partial charge is 0.491 e. The number of halogens is 6. The molecule has 13 heteroatoms. The molecule has 174 valence electrons. The van der Waals surface area contributed by atoms with Crippen molar-refractivity contribution in [1.82, 2.24) is 14.5 Å². The summed E-state index contributed by atoms with van der Waals surface area (Å²) < 4.78 is 74.7. The third-order valence-electron chi connectivity index (χ3n) is 4.24. The van der Waals surface area contributed by atoms with Crippen LogP contribution in [0.25, 0.3) is 0 Å². The number of pyridine rings is 1. The highest BCUT2D eigenvalue weighted by Gasteiger charge is 2.42. The van der Waals surface area contributed by atoms with Crippen molar-refractivity contribution in [2.75, 3.05) is 0 Å². The number of nitrogens with zero attached hydrogens (tertiary/aromatic N) is 3. The van der Waals surface area contributed by atoms with Crippen molar-refractivity contribution in [3.63, 3.8) is 0 Å². The topological polar surface area (TPSA) is 83.3 Å². The molecule has 0 saturated carbocycles. The first-order valence-electron chi connectivity index (χ1n) is 9.03. The molecule has 0 radical (unpaired) electrons. The summed E-state index contributed by atoms with van der Waals surface area (Å²) in [6.07, 6.45) is -4.14. The van der Waals surface area contributed by atoms with Crippen LogP contribution < -0.4 is 15.0 Å². The molecule has 0 amide bonds. The Balaban J connectivity index is 1.80. The molecule has 33 heavy (non-hydrogen) atoms. The highest BCUT2D eigenvalue weighted by atomic mass is 79.9. The fraction of sp³-hybridized carbons (Fsp3) is 0.200. The van der Waals surface area contributed by atoms with E-state index in [1.165, 1.54) is 22.8 Å². The maximum atomic E-state index is 13.8. The number of benzene rings is 1. The summed E-state index contributed by atoms with van der Waals surface area (Å²) in [6.45, 7) is 1.10. The number of aryl methyl sites for hydroxylation is 1. The van der Waals surface area contributed by atoms with E-state index >= 15 is 0 Å². The first-order chi connectivity index (χ1) is 15.5. The number of hydrogen-bond acceptors (Lipinski definition) is 6. The lowest BCUT2D eigenvalue weighted by Gasteiger charge is -2.15. The van der Waals surface area contributed by atoms with E-state index in [9.17, 15) is 31.5 Å². The van der Waals surface area contributed by atoms with E-state index in [1.54, 1.807) is 6.92 Å². The average Bonchev–Trinajstić information content (AvgIpc) is 2.73. The minimum atomic E-state index is -5.22. The van der Waals surface area contributed by atoms with Crippen molar-refractivity contribution in [2.24, 2.45) is 0 Å². The van der Waals surface area contributed by atoms with Crippen LogP contribution in [0.1, 0.15) is 17.0 Å². The van der Waals surface area contributed by atoms with Gasteiger partial charge in [-0.05, 0) is 41.1 Å². The standard InChI is InChI=1S/C20H13BrF5N3O4/c1-10-6-15(32-9-11-2-3-12(22)7-14(11)23)16(21)17(30)29(10)8-13-4-5-27-19(28-13)33-18(31)20(24,25)26/h2-7H,8-9H2,1H3. The molecule has 0 bridgehead atoms. The van der Waals surface area contributed by atoms with Crippen LogP contribution in [0.15, 0.2) is 45.8 Å². The molecule has 3 aromatic rings. The van der Waals surface area contributed by atoms with Crippen LogP contribution in [0.3, 0.4) is 0 Å². The minimum Gasteiger partial charge on any atom is -0.487 e. The summed E-state index contributed by atoms with van der Waals surface area (Å²) in [5.41, 5.74) is -0.0246. The average molecular weight is 534 g/mol. The summed E-state index contributed by atoms with van der Waals surface area (Å²) in [4.78, 5) is 30.9. The molecule has 2 aromatic heterocycles. The SMILES string of the molecule is Cc1cc(OCc2ccc(F)cc2F)c(Br)c(=O)n1Cc1ccnc(OC(=O)C(F)(F)F)n1. The van der Waals surface area contributed by atoms with Gasteiger partial charge in [-0.3, -0.25) is 4.79 Å². The van der Waals surface area contributed by atoms with Gasteiger partial charge in [0.05, 0.1) is 12.2 Å². The third kappa shape index (κ3) is 5.92. The van der Waals surface area contributed by atoms with Gasteiger partial charge in [0.2, 0.25) is 0 Å². The molecule has 3 rings (SSSR count). The Kier molecular flexibility index (Phi) is 7.10. The predicted molar refractivity (Wildman–Crippen MR) is 107 cm³/mol.